The zero-order chi connectivity index (χ0) is 13.8. The third-order valence-electron chi connectivity index (χ3n) is 2.84. The summed E-state index contributed by atoms with van der Waals surface area (Å²) >= 11 is 0. The molecule has 0 aliphatic carbocycles. The van der Waals surface area contributed by atoms with Gasteiger partial charge < -0.3 is 5.11 Å². The van der Waals surface area contributed by atoms with Gasteiger partial charge in [0.25, 0.3) is 0 Å². The van der Waals surface area contributed by atoms with E-state index in [1.165, 1.54) is 16.7 Å². The second-order valence-electron chi connectivity index (χ2n) is 4.95. The molecule has 1 N–H and O–H groups in total. The molecule has 0 aliphatic heterocycles. The smallest absolute Gasteiger partial charge is 0.0614 e. The molecular weight excluding hydrogens is 220 g/mol. The molecule has 0 saturated carbocycles. The second kappa shape index (κ2) is 11.0. The highest BCUT2D eigenvalue weighted by Gasteiger charge is 1.95. The predicted molar refractivity (Wildman–Crippen MR) is 81.6 cm³/mol. The van der Waals surface area contributed by atoms with Crippen LogP contribution < -0.4 is 0 Å². The van der Waals surface area contributed by atoms with Crippen molar-refractivity contribution in [3.05, 3.63) is 47.6 Å². The number of rotatable bonds is 9. The monoisotopic (exact) mass is 248 g/mol. The van der Waals surface area contributed by atoms with Crippen molar-refractivity contribution in [3.8, 4) is 0 Å². The first kappa shape index (κ1) is 16.9. The molecule has 0 unspecified atom stereocenters. The molecule has 0 spiro atoms. The van der Waals surface area contributed by atoms with Crippen LogP contribution in [0, 0.1) is 0 Å². The molecule has 0 aliphatic rings. The van der Waals surface area contributed by atoms with Crippen molar-refractivity contribution in [3.63, 3.8) is 0 Å². The van der Waals surface area contributed by atoms with Crippen LogP contribution in [0.3, 0.4) is 0 Å². The lowest BCUT2D eigenvalue weighted by Crippen LogP contribution is -1.85. The fourth-order valence-corrected chi connectivity index (χ4v) is 1.78. The van der Waals surface area contributed by atoms with Crippen molar-refractivity contribution in [1.82, 2.24) is 0 Å². The molecule has 0 atom stereocenters. The SMILES string of the molecule is C=CC/C(=C\CC/C(C)=C/CO)CCC=C(C)C. The van der Waals surface area contributed by atoms with E-state index >= 15 is 0 Å². The maximum atomic E-state index is 8.79. The summed E-state index contributed by atoms with van der Waals surface area (Å²) in [7, 11) is 0. The van der Waals surface area contributed by atoms with Crippen LogP contribution in [0.25, 0.3) is 0 Å². The topological polar surface area (TPSA) is 20.2 Å². The Morgan fingerprint density at radius 1 is 1.00 bits per heavy atom. The minimum Gasteiger partial charge on any atom is -0.392 e. The number of allylic oxidation sites excluding steroid dienone is 6. The number of hydrogen-bond donors (Lipinski definition) is 1. The van der Waals surface area contributed by atoms with Gasteiger partial charge in [-0.15, -0.1) is 6.58 Å². The molecule has 0 saturated heterocycles. The van der Waals surface area contributed by atoms with E-state index in [2.05, 4.69) is 39.5 Å². The minimum absolute atomic E-state index is 0.148. The fourth-order valence-electron chi connectivity index (χ4n) is 1.78. The largest absolute Gasteiger partial charge is 0.392 e. The Labute approximate surface area is 113 Å². The Balaban J connectivity index is 4.19. The number of aliphatic hydroxyl groups excluding tert-OH is 1. The van der Waals surface area contributed by atoms with Gasteiger partial charge in [-0.1, -0.05) is 41.0 Å². The standard InChI is InChI=1S/C17H28O/c1-5-8-17(11-6-9-15(2)3)12-7-10-16(4)13-14-18/h5,9,12-13,18H,1,6-8,10-11,14H2,2-4H3/b16-13+,17-12+. The Morgan fingerprint density at radius 3 is 2.22 bits per heavy atom. The molecule has 0 heterocycles. The molecule has 18 heavy (non-hydrogen) atoms. The molecule has 0 amide bonds. The Hall–Kier alpha value is -1.08. The Bertz CT molecular complexity index is 315. The Kier molecular flexibility index (Phi) is 10.4. The van der Waals surface area contributed by atoms with Gasteiger partial charge in [-0.2, -0.15) is 0 Å². The molecular formula is C17H28O. The average molecular weight is 248 g/mol. The molecule has 102 valence electrons. The van der Waals surface area contributed by atoms with Crippen LogP contribution in [0.1, 0.15) is 52.9 Å². The van der Waals surface area contributed by atoms with Gasteiger partial charge in [-0.05, 0) is 52.9 Å². The summed E-state index contributed by atoms with van der Waals surface area (Å²) in [6.07, 6.45) is 13.8. The quantitative estimate of drug-likeness (QED) is 0.572. The molecule has 0 fully saturated rings. The lowest BCUT2D eigenvalue weighted by molar-refractivity contribution is 0.341. The fraction of sp³-hybridized carbons (Fsp3) is 0.529. The summed E-state index contributed by atoms with van der Waals surface area (Å²) in [6.45, 7) is 10.3. The summed E-state index contributed by atoms with van der Waals surface area (Å²) in [5, 5.41) is 8.79. The van der Waals surface area contributed by atoms with Gasteiger partial charge in [-0.3, -0.25) is 0 Å². The van der Waals surface area contributed by atoms with Gasteiger partial charge in [0.15, 0.2) is 0 Å². The maximum absolute atomic E-state index is 8.79. The zero-order valence-electron chi connectivity index (χ0n) is 12.2. The molecule has 0 aromatic carbocycles. The summed E-state index contributed by atoms with van der Waals surface area (Å²) in [4.78, 5) is 0. The lowest BCUT2D eigenvalue weighted by atomic mass is 10.0. The van der Waals surface area contributed by atoms with Gasteiger partial charge in [0.1, 0.15) is 0 Å². The summed E-state index contributed by atoms with van der Waals surface area (Å²) in [6, 6.07) is 0. The van der Waals surface area contributed by atoms with Gasteiger partial charge >= 0.3 is 0 Å². The first-order chi connectivity index (χ1) is 8.60. The van der Waals surface area contributed by atoms with Crippen LogP contribution >= 0.6 is 0 Å². The van der Waals surface area contributed by atoms with Crippen LogP contribution in [-0.4, -0.2) is 11.7 Å². The van der Waals surface area contributed by atoms with Gasteiger partial charge in [-0.25, -0.2) is 0 Å². The third-order valence-corrected chi connectivity index (χ3v) is 2.84. The maximum Gasteiger partial charge on any atom is 0.0614 e. The molecule has 0 aromatic heterocycles. The summed E-state index contributed by atoms with van der Waals surface area (Å²) in [5.41, 5.74) is 4.12. The van der Waals surface area contributed by atoms with E-state index in [-0.39, 0.29) is 6.61 Å². The second-order valence-corrected chi connectivity index (χ2v) is 4.95. The van der Waals surface area contributed by atoms with Crippen molar-refractivity contribution >= 4 is 0 Å². The highest BCUT2D eigenvalue weighted by atomic mass is 16.2. The van der Waals surface area contributed by atoms with Crippen molar-refractivity contribution in [2.75, 3.05) is 6.61 Å². The third kappa shape index (κ3) is 10.1. The molecule has 0 aromatic rings. The van der Waals surface area contributed by atoms with Crippen molar-refractivity contribution < 1.29 is 5.11 Å². The summed E-state index contributed by atoms with van der Waals surface area (Å²) in [5.74, 6) is 0. The van der Waals surface area contributed by atoms with E-state index in [0.29, 0.717) is 0 Å². The first-order valence-electron chi connectivity index (χ1n) is 6.78. The van der Waals surface area contributed by atoms with Gasteiger partial charge in [0.05, 0.1) is 6.61 Å². The Morgan fingerprint density at radius 2 is 1.67 bits per heavy atom. The minimum atomic E-state index is 0.148. The molecule has 1 nitrogen and oxygen atoms in total. The first-order valence-corrected chi connectivity index (χ1v) is 6.78. The van der Waals surface area contributed by atoms with E-state index in [1.54, 1.807) is 0 Å². The van der Waals surface area contributed by atoms with Crippen molar-refractivity contribution in [1.29, 1.82) is 0 Å². The van der Waals surface area contributed by atoms with Crippen molar-refractivity contribution in [2.24, 2.45) is 0 Å². The van der Waals surface area contributed by atoms with Crippen LogP contribution in [0.15, 0.2) is 47.6 Å². The molecule has 1 heteroatoms. The van der Waals surface area contributed by atoms with Gasteiger partial charge in [0.2, 0.25) is 0 Å². The van der Waals surface area contributed by atoms with Crippen LogP contribution in [0.4, 0.5) is 0 Å². The van der Waals surface area contributed by atoms with E-state index < -0.39 is 0 Å². The highest BCUT2D eigenvalue weighted by molar-refractivity contribution is 5.10. The number of hydrogen-bond acceptors (Lipinski definition) is 1. The summed E-state index contributed by atoms with van der Waals surface area (Å²) < 4.78 is 0. The molecule has 0 rings (SSSR count). The lowest BCUT2D eigenvalue weighted by Gasteiger charge is -2.04. The highest BCUT2D eigenvalue weighted by Crippen LogP contribution is 2.15. The van der Waals surface area contributed by atoms with Crippen LogP contribution in [0.5, 0.6) is 0 Å². The molecule has 0 bridgehead atoms. The van der Waals surface area contributed by atoms with Crippen LogP contribution in [-0.2, 0) is 0 Å². The van der Waals surface area contributed by atoms with E-state index in [0.717, 1.165) is 32.1 Å². The van der Waals surface area contributed by atoms with E-state index in [1.807, 2.05) is 12.2 Å². The van der Waals surface area contributed by atoms with E-state index in [4.69, 9.17) is 5.11 Å². The normalized spacial score (nSPS) is 12.4. The average Bonchev–Trinajstić information content (AvgIpc) is 2.29. The van der Waals surface area contributed by atoms with E-state index in [9.17, 15) is 0 Å². The number of aliphatic hydroxyl groups is 1. The molecule has 0 radical (unpaired) electrons. The zero-order valence-corrected chi connectivity index (χ0v) is 12.2. The predicted octanol–water partition coefficient (Wildman–Crippen LogP) is 4.95. The van der Waals surface area contributed by atoms with Gasteiger partial charge in [0, 0.05) is 0 Å². The van der Waals surface area contributed by atoms with Crippen molar-refractivity contribution in [2.45, 2.75) is 52.9 Å². The van der Waals surface area contributed by atoms with Crippen LogP contribution in [0.2, 0.25) is 0 Å².